The Bertz CT molecular complexity index is 46.5. The van der Waals surface area contributed by atoms with E-state index in [1.165, 1.54) is 0 Å². The third kappa shape index (κ3) is 2.28. The van der Waals surface area contributed by atoms with Crippen molar-refractivity contribution in [3.63, 3.8) is 0 Å². The topological polar surface area (TPSA) is 29.5 Å². The summed E-state index contributed by atoms with van der Waals surface area (Å²) in [5, 5.41) is 9.00. The maximum absolute atomic E-state index is 9.00. The highest BCUT2D eigenvalue weighted by Crippen LogP contribution is 1.99. The summed E-state index contributed by atoms with van der Waals surface area (Å²) in [5.74, 6) is 0. The number of methoxy groups -OCH3 is 1. The first-order valence-corrected chi connectivity index (χ1v) is 2.93. The molecule has 2 atom stereocenters. The molecular weight excluding hydrogens is 104 g/mol. The summed E-state index contributed by atoms with van der Waals surface area (Å²) in [7, 11) is 1.60. The average molecular weight is 118 g/mol. The van der Waals surface area contributed by atoms with Crippen LogP contribution < -0.4 is 0 Å². The van der Waals surface area contributed by atoms with Crippen LogP contribution in [0.2, 0.25) is 0 Å². The predicted octanol–water partition coefficient (Wildman–Crippen LogP) is 0.792. The third-order valence-corrected chi connectivity index (χ3v) is 1.33. The summed E-state index contributed by atoms with van der Waals surface area (Å²) in [6.45, 7) is 3.79. The SMILES string of the molecule is CC[C@@H](O)C(C)OC. The molecule has 0 aliphatic heterocycles. The van der Waals surface area contributed by atoms with Gasteiger partial charge in [0.05, 0.1) is 12.2 Å². The van der Waals surface area contributed by atoms with Gasteiger partial charge in [0.15, 0.2) is 0 Å². The molecule has 8 heavy (non-hydrogen) atoms. The van der Waals surface area contributed by atoms with Gasteiger partial charge in [-0.05, 0) is 13.3 Å². The van der Waals surface area contributed by atoms with Crippen molar-refractivity contribution in [3.8, 4) is 0 Å². The number of rotatable bonds is 3. The summed E-state index contributed by atoms with van der Waals surface area (Å²) < 4.78 is 4.85. The fraction of sp³-hybridized carbons (Fsp3) is 1.00. The minimum atomic E-state index is -0.306. The molecule has 0 rings (SSSR count). The van der Waals surface area contributed by atoms with Crippen LogP contribution in [-0.2, 0) is 4.74 Å². The highest BCUT2D eigenvalue weighted by molar-refractivity contribution is 4.59. The van der Waals surface area contributed by atoms with Gasteiger partial charge < -0.3 is 9.84 Å². The molecular formula is C6H14O2. The van der Waals surface area contributed by atoms with Crippen LogP contribution in [0.5, 0.6) is 0 Å². The largest absolute Gasteiger partial charge is 0.390 e. The molecule has 2 nitrogen and oxygen atoms in total. The molecule has 2 heteroatoms. The van der Waals surface area contributed by atoms with Crippen molar-refractivity contribution in [2.75, 3.05) is 7.11 Å². The zero-order valence-corrected chi connectivity index (χ0v) is 5.72. The molecule has 1 unspecified atom stereocenters. The summed E-state index contributed by atoms with van der Waals surface area (Å²) in [6.07, 6.45) is 0.426. The fourth-order valence-corrected chi connectivity index (χ4v) is 0.489. The second kappa shape index (κ2) is 3.87. The van der Waals surface area contributed by atoms with E-state index in [0.29, 0.717) is 0 Å². The molecule has 0 aliphatic carbocycles. The van der Waals surface area contributed by atoms with E-state index in [2.05, 4.69) is 0 Å². The maximum Gasteiger partial charge on any atom is 0.0801 e. The molecule has 0 fully saturated rings. The lowest BCUT2D eigenvalue weighted by Crippen LogP contribution is -2.23. The molecule has 0 aromatic rings. The minimum absolute atomic E-state index is 0.0278. The van der Waals surface area contributed by atoms with Gasteiger partial charge >= 0.3 is 0 Å². The predicted molar refractivity (Wildman–Crippen MR) is 32.8 cm³/mol. The molecule has 0 saturated carbocycles. The summed E-state index contributed by atoms with van der Waals surface area (Å²) >= 11 is 0. The lowest BCUT2D eigenvalue weighted by molar-refractivity contribution is -0.00166. The molecule has 0 amide bonds. The molecule has 0 spiro atoms. The monoisotopic (exact) mass is 118 g/mol. The molecule has 0 aromatic heterocycles. The van der Waals surface area contributed by atoms with Gasteiger partial charge in [0.1, 0.15) is 0 Å². The van der Waals surface area contributed by atoms with E-state index in [1.54, 1.807) is 7.11 Å². The van der Waals surface area contributed by atoms with Crippen LogP contribution in [-0.4, -0.2) is 24.4 Å². The lowest BCUT2D eigenvalue weighted by atomic mass is 10.2. The van der Waals surface area contributed by atoms with E-state index in [0.717, 1.165) is 6.42 Å². The first-order valence-electron chi connectivity index (χ1n) is 2.93. The van der Waals surface area contributed by atoms with Crippen molar-refractivity contribution in [1.29, 1.82) is 0 Å². The second-order valence-electron chi connectivity index (χ2n) is 1.92. The van der Waals surface area contributed by atoms with E-state index in [-0.39, 0.29) is 12.2 Å². The maximum atomic E-state index is 9.00. The molecule has 0 radical (unpaired) electrons. The first kappa shape index (κ1) is 7.92. The highest BCUT2D eigenvalue weighted by atomic mass is 16.5. The summed E-state index contributed by atoms with van der Waals surface area (Å²) in [4.78, 5) is 0. The van der Waals surface area contributed by atoms with Crippen molar-refractivity contribution in [1.82, 2.24) is 0 Å². The standard InChI is InChI=1S/C6H14O2/c1-4-6(7)5(2)8-3/h5-7H,4H2,1-3H3/t5?,6-/m1/s1. The number of aliphatic hydroxyl groups excluding tert-OH is 1. The van der Waals surface area contributed by atoms with Gasteiger partial charge in [0, 0.05) is 7.11 Å². The molecule has 0 saturated heterocycles. The smallest absolute Gasteiger partial charge is 0.0801 e. The second-order valence-corrected chi connectivity index (χ2v) is 1.92. The Labute approximate surface area is 50.5 Å². The van der Waals surface area contributed by atoms with Gasteiger partial charge in [0.25, 0.3) is 0 Å². The van der Waals surface area contributed by atoms with Crippen LogP contribution >= 0.6 is 0 Å². The number of aliphatic hydroxyl groups is 1. The van der Waals surface area contributed by atoms with Gasteiger partial charge in [-0.1, -0.05) is 6.92 Å². The van der Waals surface area contributed by atoms with E-state index >= 15 is 0 Å². The van der Waals surface area contributed by atoms with Crippen molar-refractivity contribution in [2.24, 2.45) is 0 Å². The van der Waals surface area contributed by atoms with Gasteiger partial charge in [-0.2, -0.15) is 0 Å². The van der Waals surface area contributed by atoms with Gasteiger partial charge in [-0.15, -0.1) is 0 Å². The molecule has 0 heterocycles. The molecule has 1 N–H and O–H groups in total. The van der Waals surface area contributed by atoms with Crippen LogP contribution in [0, 0.1) is 0 Å². The van der Waals surface area contributed by atoms with E-state index in [1.807, 2.05) is 13.8 Å². The van der Waals surface area contributed by atoms with Gasteiger partial charge in [-0.3, -0.25) is 0 Å². The van der Waals surface area contributed by atoms with Crippen molar-refractivity contribution in [2.45, 2.75) is 32.5 Å². The van der Waals surface area contributed by atoms with Crippen molar-refractivity contribution < 1.29 is 9.84 Å². The molecule has 0 bridgehead atoms. The fourth-order valence-electron chi connectivity index (χ4n) is 0.489. The van der Waals surface area contributed by atoms with Gasteiger partial charge in [-0.25, -0.2) is 0 Å². The van der Waals surface area contributed by atoms with Crippen molar-refractivity contribution >= 4 is 0 Å². The van der Waals surface area contributed by atoms with Crippen LogP contribution in [0.3, 0.4) is 0 Å². The van der Waals surface area contributed by atoms with Crippen molar-refractivity contribution in [3.05, 3.63) is 0 Å². The van der Waals surface area contributed by atoms with Crippen LogP contribution in [0.4, 0.5) is 0 Å². The van der Waals surface area contributed by atoms with E-state index in [9.17, 15) is 0 Å². The molecule has 0 aliphatic rings. The van der Waals surface area contributed by atoms with Crippen LogP contribution in [0.25, 0.3) is 0 Å². The Hall–Kier alpha value is -0.0800. The molecule has 0 aromatic carbocycles. The summed E-state index contributed by atoms with van der Waals surface area (Å²) in [6, 6.07) is 0. The Balaban J connectivity index is 3.29. The number of ether oxygens (including phenoxy) is 1. The Kier molecular flexibility index (Phi) is 3.83. The minimum Gasteiger partial charge on any atom is -0.390 e. The zero-order valence-electron chi connectivity index (χ0n) is 5.72. The Morgan fingerprint density at radius 2 is 2.12 bits per heavy atom. The normalized spacial score (nSPS) is 18.0. The van der Waals surface area contributed by atoms with Gasteiger partial charge in [0.2, 0.25) is 0 Å². The number of hydrogen-bond acceptors (Lipinski definition) is 2. The first-order chi connectivity index (χ1) is 3.72. The Morgan fingerprint density at radius 3 is 2.25 bits per heavy atom. The third-order valence-electron chi connectivity index (χ3n) is 1.33. The number of hydrogen-bond donors (Lipinski definition) is 1. The zero-order chi connectivity index (χ0) is 6.57. The molecule has 50 valence electrons. The highest BCUT2D eigenvalue weighted by Gasteiger charge is 2.08. The quantitative estimate of drug-likeness (QED) is 0.593. The van der Waals surface area contributed by atoms with Crippen LogP contribution in [0.1, 0.15) is 20.3 Å². The Morgan fingerprint density at radius 1 is 1.62 bits per heavy atom. The average Bonchev–Trinajstić information content (AvgIpc) is 1.84. The van der Waals surface area contributed by atoms with E-state index in [4.69, 9.17) is 9.84 Å². The van der Waals surface area contributed by atoms with Crippen LogP contribution in [0.15, 0.2) is 0 Å². The lowest BCUT2D eigenvalue weighted by Gasteiger charge is -2.14. The summed E-state index contributed by atoms with van der Waals surface area (Å²) in [5.41, 5.74) is 0. The van der Waals surface area contributed by atoms with E-state index < -0.39 is 0 Å².